The Morgan fingerprint density at radius 1 is 0.927 bits per heavy atom. The third-order valence-electron chi connectivity index (χ3n) is 6.78. The van der Waals surface area contributed by atoms with Gasteiger partial charge in [0.2, 0.25) is 0 Å². The van der Waals surface area contributed by atoms with Gasteiger partial charge in [0.25, 0.3) is 0 Å². The molecule has 1 heterocycles. The van der Waals surface area contributed by atoms with Crippen molar-refractivity contribution in [1.29, 1.82) is 0 Å². The minimum Gasteiger partial charge on any atom is -0.493 e. The lowest BCUT2D eigenvalue weighted by molar-refractivity contribution is -0.111. The highest BCUT2D eigenvalue weighted by Gasteiger charge is 2.41. The molecular formula is C32H30Cl2N4O3. The molecule has 5 rings (SSSR count). The predicted molar refractivity (Wildman–Crippen MR) is 167 cm³/mol. The third kappa shape index (κ3) is 5.82. The van der Waals surface area contributed by atoms with Crippen molar-refractivity contribution >= 4 is 51.9 Å². The summed E-state index contributed by atoms with van der Waals surface area (Å²) in [6.07, 6.45) is -0.563. The van der Waals surface area contributed by atoms with Gasteiger partial charge in [-0.15, -0.1) is 5.10 Å². The van der Waals surface area contributed by atoms with Gasteiger partial charge in [-0.05, 0) is 54.6 Å². The Bertz CT molecular complexity index is 1580. The standard InChI is InChI=1S/C32H30Cl2N4O3/c1-21(39)31-35-38(26-9-6-5-7-10-26)32(37(31)25-17-15-24(16-18-25)36(2)3)27-11-8-12-29(40-4)30(27)41-20-22-13-14-23(33)19-28(22)34/h5-19,32H,20H2,1-4H3. The highest BCUT2D eigenvalue weighted by atomic mass is 35.5. The molecule has 41 heavy (non-hydrogen) atoms. The Hall–Kier alpha value is -4.20. The first-order chi connectivity index (χ1) is 19.8. The summed E-state index contributed by atoms with van der Waals surface area (Å²) in [4.78, 5) is 17.0. The summed E-state index contributed by atoms with van der Waals surface area (Å²) >= 11 is 12.6. The molecule has 210 valence electrons. The van der Waals surface area contributed by atoms with Gasteiger partial charge >= 0.3 is 0 Å². The second-order valence-corrected chi connectivity index (χ2v) is 10.6. The van der Waals surface area contributed by atoms with E-state index in [2.05, 4.69) is 0 Å². The first-order valence-electron chi connectivity index (χ1n) is 13.0. The number of hydrazone groups is 1. The first-order valence-corrected chi connectivity index (χ1v) is 13.8. The fraction of sp³-hybridized carbons (Fsp3) is 0.188. The van der Waals surface area contributed by atoms with Crippen LogP contribution in [0.5, 0.6) is 11.5 Å². The summed E-state index contributed by atoms with van der Waals surface area (Å²) in [5.41, 5.74) is 4.20. The topological polar surface area (TPSA) is 57.6 Å². The molecule has 0 spiro atoms. The van der Waals surface area contributed by atoms with Gasteiger partial charge in [0.1, 0.15) is 6.61 Å². The largest absolute Gasteiger partial charge is 0.493 e. The number of methoxy groups -OCH3 is 1. The predicted octanol–water partition coefficient (Wildman–Crippen LogP) is 7.57. The van der Waals surface area contributed by atoms with Gasteiger partial charge in [-0.25, -0.2) is 5.01 Å². The van der Waals surface area contributed by atoms with E-state index in [1.807, 2.05) is 108 Å². The number of carbonyl (C=O) groups is 1. The number of carbonyl (C=O) groups excluding carboxylic acids is 1. The van der Waals surface area contributed by atoms with Gasteiger partial charge in [-0.1, -0.05) is 59.6 Å². The number of nitrogens with zero attached hydrogens (tertiary/aromatic N) is 4. The van der Waals surface area contributed by atoms with Crippen LogP contribution in [0.1, 0.15) is 24.2 Å². The number of rotatable bonds is 9. The summed E-state index contributed by atoms with van der Waals surface area (Å²) in [6.45, 7) is 1.70. The van der Waals surface area contributed by atoms with Crippen molar-refractivity contribution in [3.05, 3.63) is 112 Å². The number of ether oxygens (including phenoxy) is 2. The van der Waals surface area contributed by atoms with Crippen LogP contribution in [0.2, 0.25) is 10.0 Å². The first kappa shape index (κ1) is 28.3. The molecule has 4 aromatic carbocycles. The fourth-order valence-electron chi connectivity index (χ4n) is 4.74. The molecule has 0 N–H and O–H groups in total. The normalized spacial score (nSPS) is 14.6. The van der Waals surface area contributed by atoms with E-state index in [0.717, 1.165) is 28.2 Å². The fourth-order valence-corrected chi connectivity index (χ4v) is 5.20. The van der Waals surface area contributed by atoms with E-state index >= 15 is 0 Å². The van der Waals surface area contributed by atoms with E-state index < -0.39 is 6.17 Å². The van der Waals surface area contributed by atoms with Crippen molar-refractivity contribution in [2.24, 2.45) is 5.10 Å². The molecule has 0 saturated carbocycles. The van der Waals surface area contributed by atoms with Crippen LogP contribution in [0.3, 0.4) is 0 Å². The van der Waals surface area contributed by atoms with Crippen LogP contribution in [-0.2, 0) is 11.4 Å². The molecule has 1 aliphatic heterocycles. The van der Waals surface area contributed by atoms with Gasteiger partial charge in [0.05, 0.1) is 12.8 Å². The van der Waals surface area contributed by atoms with Crippen molar-refractivity contribution in [1.82, 2.24) is 0 Å². The van der Waals surface area contributed by atoms with Gasteiger partial charge in [-0.2, -0.15) is 0 Å². The number of halogens is 2. The number of anilines is 3. The maximum Gasteiger partial charge on any atom is 0.198 e. The van der Waals surface area contributed by atoms with E-state index in [9.17, 15) is 4.79 Å². The highest BCUT2D eigenvalue weighted by molar-refractivity contribution is 6.44. The summed E-state index contributed by atoms with van der Waals surface area (Å²) < 4.78 is 12.2. The minimum atomic E-state index is -0.563. The molecule has 1 atom stereocenters. The summed E-state index contributed by atoms with van der Waals surface area (Å²) in [6, 6.07) is 28.7. The van der Waals surface area contributed by atoms with E-state index in [1.165, 1.54) is 6.92 Å². The number of hydrogen-bond acceptors (Lipinski definition) is 7. The van der Waals surface area contributed by atoms with Crippen LogP contribution in [-0.4, -0.2) is 32.8 Å². The monoisotopic (exact) mass is 588 g/mol. The second kappa shape index (κ2) is 12.1. The summed E-state index contributed by atoms with van der Waals surface area (Å²) in [7, 11) is 5.57. The van der Waals surface area contributed by atoms with Crippen molar-refractivity contribution in [3.8, 4) is 11.5 Å². The van der Waals surface area contributed by atoms with Crippen molar-refractivity contribution in [2.45, 2.75) is 19.7 Å². The molecule has 0 saturated heterocycles. The molecule has 1 unspecified atom stereocenters. The lowest BCUT2D eigenvalue weighted by Gasteiger charge is -2.33. The molecule has 9 heteroatoms. The van der Waals surface area contributed by atoms with E-state index in [-0.39, 0.29) is 12.4 Å². The van der Waals surface area contributed by atoms with Crippen molar-refractivity contribution < 1.29 is 14.3 Å². The second-order valence-electron chi connectivity index (χ2n) is 9.72. The SMILES string of the molecule is COc1cccc(C2N(c3ccccc3)N=C(C(C)=O)N2c2ccc(N(C)C)cc2)c1OCc1ccc(Cl)cc1Cl. The third-order valence-corrected chi connectivity index (χ3v) is 7.37. The number of amidine groups is 1. The van der Waals surface area contributed by atoms with Crippen molar-refractivity contribution in [2.75, 3.05) is 36.0 Å². The Kier molecular flexibility index (Phi) is 8.38. The Balaban J connectivity index is 1.66. The van der Waals surface area contributed by atoms with E-state index in [4.69, 9.17) is 37.8 Å². The number of benzene rings is 4. The molecule has 4 aromatic rings. The lowest BCUT2D eigenvalue weighted by atomic mass is 10.1. The number of Topliss-reactive ketones (excluding diaryl/α,β-unsaturated/α-hetero) is 1. The van der Waals surface area contributed by atoms with Crippen LogP contribution in [0.4, 0.5) is 17.1 Å². The van der Waals surface area contributed by atoms with Gasteiger partial charge < -0.3 is 14.4 Å². The minimum absolute atomic E-state index is 0.163. The Morgan fingerprint density at radius 3 is 2.29 bits per heavy atom. The molecule has 0 aliphatic carbocycles. The molecule has 0 amide bonds. The zero-order valence-electron chi connectivity index (χ0n) is 23.2. The van der Waals surface area contributed by atoms with Crippen molar-refractivity contribution in [3.63, 3.8) is 0 Å². The van der Waals surface area contributed by atoms with Crippen LogP contribution >= 0.6 is 23.2 Å². The van der Waals surface area contributed by atoms with Gasteiger partial charge in [-0.3, -0.25) is 9.69 Å². The van der Waals surface area contributed by atoms with E-state index in [0.29, 0.717) is 27.4 Å². The molecule has 1 aliphatic rings. The molecular weight excluding hydrogens is 559 g/mol. The Labute approximate surface area is 250 Å². The molecule has 7 nitrogen and oxygen atoms in total. The summed E-state index contributed by atoms with van der Waals surface area (Å²) in [5.74, 6) is 1.20. The number of para-hydroxylation sites is 2. The van der Waals surface area contributed by atoms with Gasteiger partial charge in [0, 0.05) is 53.6 Å². The summed E-state index contributed by atoms with van der Waals surface area (Å²) in [5, 5.41) is 7.75. The maximum atomic E-state index is 13.1. The maximum absolute atomic E-state index is 13.1. The zero-order chi connectivity index (χ0) is 29.1. The quantitative estimate of drug-likeness (QED) is 0.201. The molecule has 0 bridgehead atoms. The molecule has 0 fully saturated rings. The molecule has 0 radical (unpaired) electrons. The van der Waals surface area contributed by atoms with Crippen LogP contribution in [0.25, 0.3) is 0 Å². The lowest BCUT2D eigenvalue weighted by Crippen LogP contribution is -2.38. The zero-order valence-corrected chi connectivity index (χ0v) is 24.7. The average molecular weight is 590 g/mol. The Morgan fingerprint density at radius 2 is 1.66 bits per heavy atom. The number of hydrogen-bond donors (Lipinski definition) is 0. The number of ketones is 1. The van der Waals surface area contributed by atoms with Crippen LogP contribution in [0.15, 0.2) is 96.1 Å². The molecule has 0 aromatic heterocycles. The smallest absolute Gasteiger partial charge is 0.198 e. The van der Waals surface area contributed by atoms with Crippen LogP contribution in [0, 0.1) is 0 Å². The average Bonchev–Trinajstić information content (AvgIpc) is 3.38. The highest BCUT2D eigenvalue weighted by Crippen LogP contribution is 2.45. The van der Waals surface area contributed by atoms with Gasteiger partial charge in [0.15, 0.2) is 29.3 Å². The van der Waals surface area contributed by atoms with E-state index in [1.54, 1.807) is 19.2 Å². The van der Waals surface area contributed by atoms with Crippen LogP contribution < -0.4 is 24.3 Å².